The van der Waals surface area contributed by atoms with Crippen molar-refractivity contribution in [1.29, 1.82) is 0 Å². The maximum Gasteiger partial charge on any atom is 0.428 e. The molecule has 0 saturated carbocycles. The minimum absolute atomic E-state index is 0.498. The van der Waals surface area contributed by atoms with Crippen LogP contribution in [0.5, 0.6) is 0 Å². The molecule has 0 aromatic heterocycles. The summed E-state index contributed by atoms with van der Waals surface area (Å²) in [5.41, 5.74) is -6.80. The normalized spacial score (nSPS) is 15.0. The van der Waals surface area contributed by atoms with Crippen LogP contribution >= 0.6 is 0 Å². The average Bonchev–Trinajstić information content (AvgIpc) is 2.44. The summed E-state index contributed by atoms with van der Waals surface area (Å²) in [6.45, 7) is 0. The Balaban J connectivity index is 3.29. The van der Waals surface area contributed by atoms with Crippen molar-refractivity contribution >= 4 is 11.8 Å². The Kier molecular flexibility index (Phi) is 5.10. The van der Waals surface area contributed by atoms with Crippen LogP contribution in [0.2, 0.25) is 0 Å². The summed E-state index contributed by atoms with van der Waals surface area (Å²) in [7, 11) is 0.535. The third kappa shape index (κ3) is 3.81. The Labute approximate surface area is 125 Å². The van der Waals surface area contributed by atoms with Crippen molar-refractivity contribution in [2.24, 2.45) is 0 Å². The van der Waals surface area contributed by atoms with Crippen molar-refractivity contribution in [1.82, 2.24) is 0 Å². The summed E-state index contributed by atoms with van der Waals surface area (Å²) in [6, 6.07) is 3.10. The number of hydrogen-bond acceptors (Lipinski definition) is 4. The summed E-state index contributed by atoms with van der Waals surface area (Å²) in [4.78, 5) is 23.0. The lowest BCUT2D eigenvalue weighted by Crippen LogP contribution is -2.54. The van der Waals surface area contributed by atoms with Gasteiger partial charge < -0.3 is 9.84 Å². The number of Topliss-reactive ketones (excluding diaryl/α,β-unsaturated/α-hetero) is 1. The highest BCUT2D eigenvalue weighted by Gasteiger charge is 2.61. The molecule has 1 unspecified atom stereocenters. The molecule has 1 atom stereocenters. The van der Waals surface area contributed by atoms with Crippen LogP contribution < -0.4 is 0 Å². The van der Waals surface area contributed by atoms with Gasteiger partial charge in [-0.05, 0) is 6.07 Å². The number of ether oxygens (including phenoxy) is 1. The largest absolute Gasteiger partial charge is 0.467 e. The number of methoxy groups -OCH3 is 1. The lowest BCUT2D eigenvalue weighted by molar-refractivity contribution is -0.260. The number of esters is 1. The molecule has 4 nitrogen and oxygen atoms in total. The first kappa shape index (κ1) is 18.9. The summed E-state index contributed by atoms with van der Waals surface area (Å²) in [5.74, 6) is -3.90. The molecule has 0 aliphatic rings. The van der Waals surface area contributed by atoms with Crippen molar-refractivity contribution in [2.75, 3.05) is 7.11 Å². The zero-order valence-electron chi connectivity index (χ0n) is 11.5. The smallest absolute Gasteiger partial charge is 0.428 e. The fraction of sp³-hybridized carbons (Fsp3) is 0.385. The molecule has 0 saturated heterocycles. The van der Waals surface area contributed by atoms with Crippen LogP contribution in [0.25, 0.3) is 0 Å². The number of halogens is 6. The molecule has 0 aliphatic carbocycles. The van der Waals surface area contributed by atoms with Gasteiger partial charge in [0.15, 0.2) is 5.78 Å². The third-order valence-corrected chi connectivity index (χ3v) is 2.94. The van der Waals surface area contributed by atoms with E-state index < -0.39 is 47.3 Å². The molecule has 1 N–H and O–H groups in total. The van der Waals surface area contributed by atoms with Crippen molar-refractivity contribution in [3.63, 3.8) is 0 Å². The lowest BCUT2D eigenvalue weighted by atomic mass is 9.91. The van der Waals surface area contributed by atoms with Crippen LogP contribution in [0.3, 0.4) is 0 Å². The highest BCUT2D eigenvalue weighted by molar-refractivity contribution is 6.01. The predicted molar refractivity (Wildman–Crippen MR) is 63.4 cm³/mol. The zero-order chi connectivity index (χ0) is 18.1. The summed E-state index contributed by atoms with van der Waals surface area (Å²) >= 11 is 0. The van der Waals surface area contributed by atoms with E-state index in [9.17, 15) is 41.0 Å². The summed E-state index contributed by atoms with van der Waals surface area (Å²) in [6.07, 6.45) is -12.5. The van der Waals surface area contributed by atoms with Gasteiger partial charge in [0.2, 0.25) is 0 Å². The number of hydrogen-bond donors (Lipinski definition) is 1. The molecule has 0 spiro atoms. The first-order valence-corrected chi connectivity index (χ1v) is 5.91. The molecule has 1 aromatic rings. The van der Waals surface area contributed by atoms with Gasteiger partial charge in [0.1, 0.15) is 0 Å². The van der Waals surface area contributed by atoms with Gasteiger partial charge >= 0.3 is 18.3 Å². The van der Waals surface area contributed by atoms with Gasteiger partial charge in [-0.1, -0.05) is 18.2 Å². The van der Waals surface area contributed by atoms with Crippen molar-refractivity contribution in [2.45, 2.75) is 24.4 Å². The quantitative estimate of drug-likeness (QED) is 0.518. The molecule has 0 radical (unpaired) electrons. The second-order valence-electron chi connectivity index (χ2n) is 4.49. The van der Waals surface area contributed by atoms with E-state index in [0.717, 1.165) is 12.1 Å². The highest BCUT2D eigenvalue weighted by Crippen LogP contribution is 2.37. The van der Waals surface area contributed by atoms with Crippen LogP contribution in [0.4, 0.5) is 26.3 Å². The van der Waals surface area contributed by atoms with Crippen LogP contribution in [-0.2, 0) is 15.7 Å². The Hall–Kier alpha value is -2.10. The Morgan fingerprint density at radius 1 is 1.09 bits per heavy atom. The Morgan fingerprint density at radius 2 is 1.61 bits per heavy atom. The van der Waals surface area contributed by atoms with E-state index in [1.54, 1.807) is 0 Å². The predicted octanol–water partition coefficient (Wildman–Crippen LogP) is 2.74. The molecule has 0 bridgehead atoms. The van der Waals surface area contributed by atoms with E-state index in [4.69, 9.17) is 0 Å². The zero-order valence-corrected chi connectivity index (χ0v) is 11.5. The van der Waals surface area contributed by atoms with Gasteiger partial charge in [-0.15, -0.1) is 0 Å². The maximum absolute atomic E-state index is 12.8. The fourth-order valence-electron chi connectivity index (χ4n) is 1.76. The number of carbonyl (C=O) groups excluding carboxylic acids is 2. The van der Waals surface area contributed by atoms with Crippen molar-refractivity contribution in [3.8, 4) is 0 Å². The second kappa shape index (κ2) is 6.19. The Bertz CT molecular complexity index is 607. The first-order chi connectivity index (χ1) is 10.3. The Morgan fingerprint density at radius 3 is 2.04 bits per heavy atom. The van der Waals surface area contributed by atoms with Gasteiger partial charge in [-0.2, -0.15) is 26.3 Å². The number of benzene rings is 1. The molecule has 1 aromatic carbocycles. The molecule has 0 fully saturated rings. The minimum Gasteiger partial charge on any atom is -0.467 e. The molecule has 23 heavy (non-hydrogen) atoms. The van der Waals surface area contributed by atoms with Gasteiger partial charge in [0.25, 0.3) is 5.60 Å². The van der Waals surface area contributed by atoms with E-state index >= 15 is 0 Å². The number of rotatable bonds is 4. The monoisotopic (exact) mass is 344 g/mol. The van der Waals surface area contributed by atoms with E-state index in [1.807, 2.05) is 0 Å². The third-order valence-electron chi connectivity index (χ3n) is 2.94. The summed E-state index contributed by atoms with van der Waals surface area (Å²) < 4.78 is 80.6. The van der Waals surface area contributed by atoms with Crippen LogP contribution in [-0.4, -0.2) is 35.7 Å². The number of alkyl halides is 6. The maximum atomic E-state index is 12.8. The molecule has 0 heterocycles. The van der Waals surface area contributed by atoms with Gasteiger partial charge in [-0.25, -0.2) is 4.79 Å². The van der Waals surface area contributed by atoms with Crippen molar-refractivity contribution in [3.05, 3.63) is 35.4 Å². The lowest BCUT2D eigenvalue weighted by Gasteiger charge is -2.27. The van der Waals surface area contributed by atoms with Crippen LogP contribution in [0.15, 0.2) is 24.3 Å². The van der Waals surface area contributed by atoms with Gasteiger partial charge in [0, 0.05) is 5.56 Å². The number of carbonyl (C=O) groups is 2. The molecular weight excluding hydrogens is 334 g/mol. The molecule has 128 valence electrons. The first-order valence-electron chi connectivity index (χ1n) is 5.91. The van der Waals surface area contributed by atoms with Crippen LogP contribution in [0, 0.1) is 0 Å². The molecule has 0 aliphatic heterocycles. The summed E-state index contributed by atoms with van der Waals surface area (Å²) in [5, 5.41) is 9.44. The van der Waals surface area contributed by atoms with Crippen LogP contribution in [0.1, 0.15) is 22.3 Å². The van der Waals surface area contributed by atoms with Gasteiger partial charge in [-0.3, -0.25) is 4.79 Å². The standard InChI is InChI=1S/C13H10F6O4/c1-23-10(21)11(22,13(17,18)19)6-9(20)7-4-2-3-5-8(7)12(14,15)16/h2-5,22H,6H2,1H3. The number of aliphatic hydroxyl groups is 1. The molecule has 10 heteroatoms. The molecular formula is C13H10F6O4. The SMILES string of the molecule is COC(=O)C(O)(CC(=O)c1ccccc1C(F)(F)F)C(F)(F)F. The molecule has 1 rings (SSSR count). The highest BCUT2D eigenvalue weighted by atomic mass is 19.4. The van der Waals surface area contributed by atoms with Gasteiger partial charge in [0.05, 0.1) is 19.1 Å². The van der Waals surface area contributed by atoms with E-state index in [-0.39, 0.29) is 0 Å². The van der Waals surface area contributed by atoms with Crippen molar-refractivity contribution < 1.29 is 45.8 Å². The number of ketones is 1. The van der Waals surface area contributed by atoms with E-state index in [0.29, 0.717) is 19.2 Å². The molecule has 0 amide bonds. The fourth-order valence-corrected chi connectivity index (χ4v) is 1.76. The topological polar surface area (TPSA) is 63.6 Å². The average molecular weight is 344 g/mol. The van der Waals surface area contributed by atoms with E-state index in [2.05, 4.69) is 4.74 Å². The minimum atomic E-state index is -5.61. The second-order valence-corrected chi connectivity index (χ2v) is 4.49. The van der Waals surface area contributed by atoms with E-state index in [1.165, 1.54) is 0 Å².